The smallest absolute Gasteiger partial charge is 0.377 e. The predicted molar refractivity (Wildman–Crippen MR) is 68.7 cm³/mol. The lowest BCUT2D eigenvalue weighted by atomic mass is 10.1. The van der Waals surface area contributed by atoms with Gasteiger partial charge in [0.2, 0.25) is 0 Å². The van der Waals surface area contributed by atoms with Crippen molar-refractivity contribution in [3.63, 3.8) is 0 Å². The van der Waals surface area contributed by atoms with Gasteiger partial charge in [0, 0.05) is 0 Å². The van der Waals surface area contributed by atoms with Crippen molar-refractivity contribution >= 4 is 0 Å². The van der Waals surface area contributed by atoms with Crippen LogP contribution in [0.4, 0.5) is 13.2 Å². The summed E-state index contributed by atoms with van der Waals surface area (Å²) in [7, 11) is 0. The maximum atomic E-state index is 13.0. The summed E-state index contributed by atoms with van der Waals surface area (Å²) in [5, 5.41) is 3.81. The second kappa shape index (κ2) is 5.89. The summed E-state index contributed by atoms with van der Waals surface area (Å²) in [6.07, 6.45) is -4.36. The molecule has 1 nitrogen and oxygen atoms in total. The van der Waals surface area contributed by atoms with Crippen LogP contribution in [-0.4, -0.2) is 6.18 Å². The number of nitrogens with zero attached hydrogens (tertiary/aromatic N) is 1. The van der Waals surface area contributed by atoms with Crippen LogP contribution in [-0.2, 0) is 6.54 Å². The molecule has 1 atom stereocenters. The van der Waals surface area contributed by atoms with Crippen molar-refractivity contribution in [1.82, 2.24) is 0 Å². The average Bonchev–Trinajstić information content (AvgIpc) is 2.40. The van der Waals surface area contributed by atoms with Gasteiger partial charge in [0.25, 0.3) is 0 Å². The van der Waals surface area contributed by atoms with Gasteiger partial charge in [0.05, 0.1) is 0 Å². The maximum absolute atomic E-state index is 13.0. The van der Waals surface area contributed by atoms with E-state index in [1.807, 2.05) is 6.07 Å². The highest BCUT2D eigenvalue weighted by atomic mass is 19.4. The minimum Gasteiger partial charge on any atom is -0.645 e. The van der Waals surface area contributed by atoms with E-state index in [0.29, 0.717) is 0 Å². The van der Waals surface area contributed by atoms with Gasteiger partial charge in [-0.15, -0.1) is 6.54 Å². The normalized spacial score (nSPS) is 13.2. The topological polar surface area (TPSA) is 14.1 Å². The van der Waals surface area contributed by atoms with Crippen LogP contribution in [0.1, 0.15) is 17.2 Å². The number of hydrogen-bond acceptors (Lipinski definition) is 0. The second-order valence-electron chi connectivity index (χ2n) is 4.18. The zero-order chi connectivity index (χ0) is 13.7. The van der Waals surface area contributed by atoms with E-state index in [0.717, 1.165) is 5.56 Å². The van der Waals surface area contributed by atoms with Crippen LogP contribution in [0.15, 0.2) is 60.7 Å². The van der Waals surface area contributed by atoms with Gasteiger partial charge in [0.15, 0.2) is 0 Å². The highest BCUT2D eigenvalue weighted by Gasteiger charge is 2.33. The van der Waals surface area contributed by atoms with Crippen LogP contribution in [0.2, 0.25) is 0 Å². The van der Waals surface area contributed by atoms with E-state index >= 15 is 0 Å². The molecule has 1 unspecified atom stereocenters. The molecule has 0 amide bonds. The zero-order valence-electron chi connectivity index (χ0n) is 10.1. The fraction of sp³-hybridized carbons (Fsp3) is 0.200. The first kappa shape index (κ1) is 13.6. The first-order valence-corrected chi connectivity index (χ1v) is 5.89. The van der Waals surface area contributed by atoms with E-state index in [4.69, 9.17) is 0 Å². The van der Waals surface area contributed by atoms with Crippen LogP contribution in [0.3, 0.4) is 0 Å². The molecule has 0 heterocycles. The molecule has 2 aromatic rings. The molecular weight excluding hydrogens is 251 g/mol. The van der Waals surface area contributed by atoms with Crippen molar-refractivity contribution in [1.29, 1.82) is 0 Å². The number of halogens is 3. The van der Waals surface area contributed by atoms with Crippen molar-refractivity contribution in [3.05, 3.63) is 77.1 Å². The van der Waals surface area contributed by atoms with Crippen molar-refractivity contribution < 1.29 is 13.2 Å². The van der Waals surface area contributed by atoms with Crippen molar-refractivity contribution in [2.45, 2.75) is 18.8 Å². The van der Waals surface area contributed by atoms with Gasteiger partial charge >= 0.3 is 6.18 Å². The Labute approximate surface area is 110 Å². The molecule has 0 saturated carbocycles. The van der Waals surface area contributed by atoms with Gasteiger partial charge in [-0.3, -0.25) is 0 Å². The van der Waals surface area contributed by atoms with Crippen molar-refractivity contribution in [2.75, 3.05) is 0 Å². The first-order chi connectivity index (χ1) is 9.07. The molecule has 0 bridgehead atoms. The van der Waals surface area contributed by atoms with Crippen molar-refractivity contribution in [2.24, 2.45) is 0 Å². The summed E-state index contributed by atoms with van der Waals surface area (Å²) in [4.78, 5) is 0. The fourth-order valence-electron chi connectivity index (χ4n) is 1.81. The molecular formula is C15H13F3N-. The first-order valence-electron chi connectivity index (χ1n) is 5.89. The second-order valence-corrected chi connectivity index (χ2v) is 4.18. The molecule has 4 heteroatoms. The lowest BCUT2D eigenvalue weighted by molar-refractivity contribution is -0.142. The van der Waals surface area contributed by atoms with Crippen molar-refractivity contribution in [3.8, 4) is 0 Å². The SMILES string of the molecule is FC(F)(F)C([N-]Cc1ccccc1)c1ccccc1. The summed E-state index contributed by atoms with van der Waals surface area (Å²) in [6, 6.07) is 14.9. The van der Waals surface area contributed by atoms with Gasteiger partial charge in [0.1, 0.15) is 0 Å². The summed E-state index contributed by atoms with van der Waals surface area (Å²) < 4.78 is 39.0. The Morgan fingerprint density at radius 3 is 1.89 bits per heavy atom. The molecule has 0 aliphatic rings. The van der Waals surface area contributed by atoms with E-state index in [2.05, 4.69) is 5.32 Å². The third-order valence-corrected chi connectivity index (χ3v) is 2.72. The minimum absolute atomic E-state index is 0.0555. The minimum atomic E-state index is -4.36. The average molecular weight is 264 g/mol. The number of rotatable bonds is 4. The maximum Gasteiger partial charge on any atom is 0.377 e. The largest absolute Gasteiger partial charge is 0.645 e. The van der Waals surface area contributed by atoms with Crippen LogP contribution >= 0.6 is 0 Å². The Bertz CT molecular complexity index is 494. The molecule has 0 N–H and O–H groups in total. The van der Waals surface area contributed by atoms with Gasteiger partial charge < -0.3 is 5.32 Å². The molecule has 0 fully saturated rings. The Kier molecular flexibility index (Phi) is 4.22. The standard InChI is InChI=1S/C15H13F3N/c16-15(17,18)14(13-9-5-2-6-10-13)19-11-12-7-3-1-4-8-12/h1-10,14H,11H2/q-1. The van der Waals surface area contributed by atoms with Gasteiger partial charge in [-0.05, 0) is 6.04 Å². The highest BCUT2D eigenvalue weighted by molar-refractivity contribution is 5.27. The molecule has 0 radical (unpaired) electrons. The van der Waals surface area contributed by atoms with E-state index in [1.54, 1.807) is 42.5 Å². The van der Waals surface area contributed by atoms with Gasteiger partial charge in [-0.25, -0.2) is 0 Å². The molecule has 0 aromatic heterocycles. The Morgan fingerprint density at radius 1 is 0.842 bits per heavy atom. The lowest BCUT2D eigenvalue weighted by Gasteiger charge is -2.34. The molecule has 0 saturated heterocycles. The highest BCUT2D eigenvalue weighted by Crippen LogP contribution is 2.39. The molecule has 0 aliphatic carbocycles. The van der Waals surface area contributed by atoms with Gasteiger partial charge in [-0.2, -0.15) is 13.2 Å². The number of hydrogen-bond donors (Lipinski definition) is 0. The number of alkyl halides is 3. The Balaban J connectivity index is 2.12. The molecule has 100 valence electrons. The Morgan fingerprint density at radius 2 is 1.37 bits per heavy atom. The van der Waals surface area contributed by atoms with Crippen LogP contribution in [0, 0.1) is 0 Å². The third-order valence-electron chi connectivity index (χ3n) is 2.72. The van der Waals surface area contributed by atoms with E-state index < -0.39 is 12.2 Å². The predicted octanol–water partition coefficient (Wildman–Crippen LogP) is 4.86. The Hall–Kier alpha value is -1.81. The van der Waals surface area contributed by atoms with E-state index in [9.17, 15) is 13.2 Å². The quantitative estimate of drug-likeness (QED) is 0.748. The summed E-state index contributed by atoms with van der Waals surface area (Å²) in [5.41, 5.74) is 0.943. The summed E-state index contributed by atoms with van der Waals surface area (Å²) in [6.45, 7) is 0.0555. The molecule has 2 rings (SSSR count). The third kappa shape index (κ3) is 3.83. The zero-order valence-corrected chi connectivity index (χ0v) is 10.1. The lowest BCUT2D eigenvalue weighted by Crippen LogP contribution is -2.20. The van der Waals surface area contributed by atoms with Gasteiger partial charge in [-0.1, -0.05) is 71.8 Å². The molecule has 0 aliphatic heterocycles. The molecule has 0 spiro atoms. The molecule has 19 heavy (non-hydrogen) atoms. The fourth-order valence-corrected chi connectivity index (χ4v) is 1.81. The van der Waals surface area contributed by atoms with Crippen LogP contribution < -0.4 is 0 Å². The van der Waals surface area contributed by atoms with E-state index in [1.165, 1.54) is 12.1 Å². The van der Waals surface area contributed by atoms with E-state index in [-0.39, 0.29) is 12.1 Å². The van der Waals surface area contributed by atoms with Crippen LogP contribution in [0.25, 0.3) is 5.32 Å². The summed E-state index contributed by atoms with van der Waals surface area (Å²) >= 11 is 0. The van der Waals surface area contributed by atoms with Crippen LogP contribution in [0.5, 0.6) is 0 Å². The summed E-state index contributed by atoms with van der Waals surface area (Å²) in [5.74, 6) is 0. The monoisotopic (exact) mass is 264 g/mol. The molecule has 2 aromatic carbocycles. The number of benzene rings is 2.